The number of halogens is 4. The SMILES string of the molecule is CC(O)(CNC(=O)c1ccc(F)cc1C(F)(F)F)C(=O)O. The van der Waals surface area contributed by atoms with E-state index in [1.807, 2.05) is 5.32 Å². The third-order valence-corrected chi connectivity index (χ3v) is 2.59. The second-order valence-electron chi connectivity index (χ2n) is 4.45. The van der Waals surface area contributed by atoms with Crippen molar-refractivity contribution < 1.29 is 37.4 Å². The molecule has 0 aliphatic heterocycles. The molecule has 0 aromatic heterocycles. The number of aliphatic hydroxyl groups is 1. The molecule has 9 heteroatoms. The van der Waals surface area contributed by atoms with Gasteiger partial charge < -0.3 is 15.5 Å². The van der Waals surface area contributed by atoms with E-state index in [2.05, 4.69) is 0 Å². The van der Waals surface area contributed by atoms with Crippen LogP contribution in [0.1, 0.15) is 22.8 Å². The number of aliphatic carboxylic acids is 1. The van der Waals surface area contributed by atoms with Gasteiger partial charge in [-0.3, -0.25) is 4.79 Å². The largest absolute Gasteiger partial charge is 0.479 e. The summed E-state index contributed by atoms with van der Waals surface area (Å²) in [5.41, 5.74) is -4.70. The smallest absolute Gasteiger partial charge is 0.417 e. The molecular formula is C12H11F4NO4. The molecule has 0 aliphatic rings. The maximum absolute atomic E-state index is 12.9. The molecule has 1 amide bonds. The van der Waals surface area contributed by atoms with Gasteiger partial charge >= 0.3 is 12.1 Å². The van der Waals surface area contributed by atoms with Crippen molar-refractivity contribution in [1.82, 2.24) is 5.32 Å². The van der Waals surface area contributed by atoms with Crippen LogP contribution in [0, 0.1) is 5.82 Å². The lowest BCUT2D eigenvalue weighted by atomic mass is 10.0. The maximum atomic E-state index is 12.9. The van der Waals surface area contributed by atoms with E-state index in [0.29, 0.717) is 12.1 Å². The molecule has 0 aliphatic carbocycles. The molecule has 0 saturated heterocycles. The highest BCUT2D eigenvalue weighted by molar-refractivity contribution is 5.96. The Kier molecular flexibility index (Phi) is 4.57. The van der Waals surface area contributed by atoms with Crippen LogP contribution < -0.4 is 5.32 Å². The van der Waals surface area contributed by atoms with Crippen molar-refractivity contribution in [3.05, 3.63) is 35.1 Å². The van der Waals surface area contributed by atoms with Crippen LogP contribution in [0.3, 0.4) is 0 Å². The monoisotopic (exact) mass is 309 g/mol. The van der Waals surface area contributed by atoms with Gasteiger partial charge in [0.1, 0.15) is 5.82 Å². The first-order valence-corrected chi connectivity index (χ1v) is 5.56. The first kappa shape index (κ1) is 16.9. The molecule has 0 fully saturated rings. The molecule has 0 saturated carbocycles. The molecule has 1 atom stereocenters. The second kappa shape index (κ2) is 5.68. The van der Waals surface area contributed by atoms with Gasteiger partial charge in [0.25, 0.3) is 5.91 Å². The third kappa shape index (κ3) is 4.15. The molecule has 0 bridgehead atoms. The minimum Gasteiger partial charge on any atom is -0.479 e. The first-order chi connectivity index (χ1) is 9.45. The summed E-state index contributed by atoms with van der Waals surface area (Å²) in [6.07, 6.45) is -4.95. The van der Waals surface area contributed by atoms with Gasteiger partial charge in [-0.25, -0.2) is 9.18 Å². The highest BCUT2D eigenvalue weighted by Gasteiger charge is 2.36. The van der Waals surface area contributed by atoms with Crippen molar-refractivity contribution in [2.75, 3.05) is 6.54 Å². The van der Waals surface area contributed by atoms with Crippen LogP contribution in [0.15, 0.2) is 18.2 Å². The molecule has 0 heterocycles. The zero-order chi connectivity index (χ0) is 16.4. The highest BCUT2D eigenvalue weighted by Crippen LogP contribution is 2.32. The number of amides is 1. The Bertz CT molecular complexity index is 569. The number of rotatable bonds is 4. The van der Waals surface area contributed by atoms with E-state index in [1.165, 1.54) is 0 Å². The summed E-state index contributed by atoms with van der Waals surface area (Å²) < 4.78 is 51.0. The number of alkyl halides is 3. The molecule has 5 nitrogen and oxygen atoms in total. The van der Waals surface area contributed by atoms with Crippen LogP contribution in [0.4, 0.5) is 17.6 Å². The molecule has 1 aromatic carbocycles. The number of hydrogen-bond donors (Lipinski definition) is 3. The molecular weight excluding hydrogens is 298 g/mol. The van der Waals surface area contributed by atoms with Crippen molar-refractivity contribution in [3.63, 3.8) is 0 Å². The molecule has 116 valence electrons. The molecule has 1 unspecified atom stereocenters. The van der Waals surface area contributed by atoms with Crippen LogP contribution in [0.5, 0.6) is 0 Å². The summed E-state index contributed by atoms with van der Waals surface area (Å²) in [7, 11) is 0. The lowest BCUT2D eigenvalue weighted by molar-refractivity contribution is -0.155. The molecule has 1 aromatic rings. The van der Waals surface area contributed by atoms with Gasteiger partial charge in [-0.2, -0.15) is 13.2 Å². The van der Waals surface area contributed by atoms with Gasteiger partial charge in [-0.1, -0.05) is 0 Å². The lowest BCUT2D eigenvalue weighted by Crippen LogP contribution is -2.46. The Morgan fingerprint density at radius 2 is 1.86 bits per heavy atom. The minimum absolute atomic E-state index is 0.157. The number of carbonyl (C=O) groups is 2. The van der Waals surface area contributed by atoms with E-state index < -0.39 is 47.1 Å². The molecule has 0 radical (unpaired) electrons. The van der Waals surface area contributed by atoms with E-state index in [-0.39, 0.29) is 6.07 Å². The average Bonchev–Trinajstić information content (AvgIpc) is 2.34. The summed E-state index contributed by atoms with van der Waals surface area (Å²) in [6.45, 7) is 0.0563. The predicted octanol–water partition coefficient (Wildman–Crippen LogP) is 1.41. The zero-order valence-corrected chi connectivity index (χ0v) is 10.7. The van der Waals surface area contributed by atoms with Crippen molar-refractivity contribution >= 4 is 11.9 Å². The Hall–Kier alpha value is -2.16. The lowest BCUT2D eigenvalue weighted by Gasteiger charge is -2.19. The van der Waals surface area contributed by atoms with Gasteiger partial charge in [0.2, 0.25) is 0 Å². The van der Waals surface area contributed by atoms with E-state index in [9.17, 15) is 32.3 Å². The summed E-state index contributed by atoms with van der Waals surface area (Å²) >= 11 is 0. The van der Waals surface area contributed by atoms with Crippen LogP contribution in [-0.2, 0) is 11.0 Å². The Morgan fingerprint density at radius 1 is 1.29 bits per heavy atom. The fourth-order valence-electron chi connectivity index (χ4n) is 1.37. The van der Waals surface area contributed by atoms with Crippen LogP contribution in [-0.4, -0.2) is 34.2 Å². The minimum atomic E-state index is -4.95. The second-order valence-corrected chi connectivity index (χ2v) is 4.45. The number of carboxylic acid groups (broad SMARTS) is 1. The summed E-state index contributed by atoms with van der Waals surface area (Å²) in [4.78, 5) is 22.3. The number of carbonyl (C=O) groups excluding carboxylic acids is 1. The van der Waals surface area contributed by atoms with Crippen molar-refractivity contribution in [1.29, 1.82) is 0 Å². The van der Waals surface area contributed by atoms with Gasteiger partial charge in [0, 0.05) is 0 Å². The van der Waals surface area contributed by atoms with Crippen molar-refractivity contribution in [2.24, 2.45) is 0 Å². The number of carboxylic acids is 1. The van der Waals surface area contributed by atoms with Gasteiger partial charge in [0.05, 0.1) is 17.7 Å². The predicted molar refractivity (Wildman–Crippen MR) is 62.0 cm³/mol. The Balaban J connectivity index is 3.01. The van der Waals surface area contributed by atoms with E-state index in [0.717, 1.165) is 6.92 Å². The van der Waals surface area contributed by atoms with Gasteiger partial charge in [0.15, 0.2) is 5.60 Å². The fraction of sp³-hybridized carbons (Fsp3) is 0.333. The summed E-state index contributed by atoms with van der Waals surface area (Å²) in [5.74, 6) is -4.10. The quantitative estimate of drug-likeness (QED) is 0.734. The zero-order valence-electron chi connectivity index (χ0n) is 10.7. The fourth-order valence-corrected chi connectivity index (χ4v) is 1.37. The Labute approximate surface area is 116 Å². The summed E-state index contributed by atoms with van der Waals surface area (Å²) in [5, 5.41) is 19.8. The molecule has 21 heavy (non-hydrogen) atoms. The third-order valence-electron chi connectivity index (χ3n) is 2.59. The van der Waals surface area contributed by atoms with E-state index >= 15 is 0 Å². The standard InChI is InChI=1S/C12H11F4NO4/c1-11(21,10(19)20)5-17-9(18)7-3-2-6(13)4-8(7)12(14,15)16/h2-4,21H,5H2,1H3,(H,17,18)(H,19,20). The highest BCUT2D eigenvalue weighted by atomic mass is 19.4. The Morgan fingerprint density at radius 3 is 2.33 bits per heavy atom. The van der Waals surface area contributed by atoms with Crippen molar-refractivity contribution in [2.45, 2.75) is 18.7 Å². The van der Waals surface area contributed by atoms with Crippen LogP contribution >= 0.6 is 0 Å². The molecule has 1 rings (SSSR count). The van der Waals surface area contributed by atoms with E-state index in [4.69, 9.17) is 5.11 Å². The average molecular weight is 309 g/mol. The topological polar surface area (TPSA) is 86.6 Å². The number of nitrogens with one attached hydrogen (secondary N) is 1. The normalized spacial score (nSPS) is 14.4. The molecule has 0 spiro atoms. The molecule has 3 N–H and O–H groups in total. The number of hydrogen-bond acceptors (Lipinski definition) is 3. The van der Waals surface area contributed by atoms with Gasteiger partial charge in [-0.05, 0) is 25.1 Å². The van der Waals surface area contributed by atoms with Crippen LogP contribution in [0.2, 0.25) is 0 Å². The van der Waals surface area contributed by atoms with Crippen LogP contribution in [0.25, 0.3) is 0 Å². The van der Waals surface area contributed by atoms with E-state index in [1.54, 1.807) is 0 Å². The number of benzene rings is 1. The maximum Gasteiger partial charge on any atom is 0.417 e. The first-order valence-electron chi connectivity index (χ1n) is 5.56. The van der Waals surface area contributed by atoms with Gasteiger partial charge in [-0.15, -0.1) is 0 Å². The van der Waals surface area contributed by atoms with Crippen molar-refractivity contribution in [3.8, 4) is 0 Å². The summed E-state index contributed by atoms with van der Waals surface area (Å²) in [6, 6.07) is 1.45.